The molecule has 1 aliphatic carbocycles. The van der Waals surface area contributed by atoms with Crippen LogP contribution >= 0.6 is 0 Å². The number of aryl methyl sites for hydroxylation is 1. The maximum atomic E-state index is 14.6. The summed E-state index contributed by atoms with van der Waals surface area (Å²) >= 11 is 0. The maximum absolute atomic E-state index is 14.6. The van der Waals surface area contributed by atoms with Gasteiger partial charge >= 0.3 is 0 Å². The van der Waals surface area contributed by atoms with E-state index in [9.17, 15) is 17.6 Å². The van der Waals surface area contributed by atoms with Crippen LogP contribution in [0.25, 0.3) is 0 Å². The van der Waals surface area contributed by atoms with Gasteiger partial charge in [-0.3, -0.25) is 4.79 Å². The van der Waals surface area contributed by atoms with Crippen molar-refractivity contribution in [2.75, 3.05) is 38.6 Å². The van der Waals surface area contributed by atoms with E-state index in [4.69, 9.17) is 4.74 Å². The predicted octanol–water partition coefficient (Wildman–Crippen LogP) is 2.62. The van der Waals surface area contributed by atoms with Gasteiger partial charge in [0.05, 0.1) is 55.5 Å². The topological polar surface area (TPSA) is 80.1 Å². The van der Waals surface area contributed by atoms with Crippen LogP contribution in [0.5, 0.6) is 5.75 Å². The average Bonchev–Trinajstić information content (AvgIpc) is 2.85. The van der Waals surface area contributed by atoms with Crippen molar-refractivity contribution in [2.45, 2.75) is 50.0 Å². The number of carbonyl (C=O) groups is 1. The minimum atomic E-state index is -3.83. The number of nitrogens with zero attached hydrogens (tertiary/aromatic N) is 1. The molecule has 184 valence electrons. The molecule has 2 N–H and O–H groups in total. The first-order valence-corrected chi connectivity index (χ1v) is 13.3. The summed E-state index contributed by atoms with van der Waals surface area (Å²) in [7, 11) is -2.36. The standard InChI is InChI=1S/C25H32FN3O4S/c1-18-8-11-24(33-2)23(16-18)27-25(30)21-17-20(9-10-22(21)26)34(31,32)29-14-12-28(13-15-29)19-6-4-3-5-7-19/h8-11,16-17,19H,3-7,12-15H2,1-2H3,(H,27,30)/p+1. The second-order valence-electron chi connectivity index (χ2n) is 9.20. The number of nitrogens with one attached hydrogen (secondary N) is 2. The molecule has 34 heavy (non-hydrogen) atoms. The predicted molar refractivity (Wildman–Crippen MR) is 128 cm³/mol. The number of amides is 1. The van der Waals surface area contributed by atoms with E-state index in [0.717, 1.165) is 30.8 Å². The van der Waals surface area contributed by atoms with Gasteiger partial charge in [0, 0.05) is 0 Å². The third-order valence-electron chi connectivity index (χ3n) is 6.97. The van der Waals surface area contributed by atoms with Gasteiger partial charge in [0.25, 0.3) is 5.91 Å². The Hall–Kier alpha value is -2.49. The lowest BCUT2D eigenvalue weighted by Crippen LogP contribution is -3.18. The largest absolute Gasteiger partial charge is 0.495 e. The third kappa shape index (κ3) is 5.26. The van der Waals surface area contributed by atoms with Crippen molar-refractivity contribution in [2.24, 2.45) is 0 Å². The first-order valence-electron chi connectivity index (χ1n) is 11.9. The van der Waals surface area contributed by atoms with Crippen LogP contribution in [0, 0.1) is 12.7 Å². The Morgan fingerprint density at radius 3 is 2.47 bits per heavy atom. The van der Waals surface area contributed by atoms with Crippen LogP contribution in [0.15, 0.2) is 41.3 Å². The number of ether oxygens (including phenoxy) is 1. The molecule has 4 rings (SSSR count). The lowest BCUT2D eigenvalue weighted by Gasteiger charge is -2.37. The first-order chi connectivity index (χ1) is 16.3. The van der Waals surface area contributed by atoms with Crippen LogP contribution in [-0.4, -0.2) is 58.0 Å². The van der Waals surface area contributed by atoms with Crippen LogP contribution in [0.3, 0.4) is 0 Å². The molecule has 1 saturated heterocycles. The number of piperazine rings is 1. The number of halogens is 1. The second-order valence-corrected chi connectivity index (χ2v) is 11.1. The maximum Gasteiger partial charge on any atom is 0.258 e. The average molecular weight is 491 g/mol. The fourth-order valence-electron chi connectivity index (χ4n) is 5.03. The molecule has 1 amide bonds. The highest BCUT2D eigenvalue weighted by Crippen LogP contribution is 2.27. The summed E-state index contributed by atoms with van der Waals surface area (Å²) < 4.78 is 47.9. The smallest absolute Gasteiger partial charge is 0.258 e. The Labute approximate surface area is 200 Å². The van der Waals surface area contributed by atoms with Crippen LogP contribution in [0.1, 0.15) is 48.0 Å². The lowest BCUT2D eigenvalue weighted by atomic mass is 9.94. The zero-order valence-electron chi connectivity index (χ0n) is 19.8. The van der Waals surface area contributed by atoms with Gasteiger partial charge in [-0.25, -0.2) is 12.8 Å². The number of hydrogen-bond donors (Lipinski definition) is 2. The van der Waals surface area contributed by atoms with Crippen LogP contribution in [0.2, 0.25) is 0 Å². The Kier molecular flexibility index (Phi) is 7.54. The molecule has 0 aromatic heterocycles. The Morgan fingerprint density at radius 1 is 1.09 bits per heavy atom. The molecule has 1 aliphatic heterocycles. The van der Waals surface area contributed by atoms with Gasteiger partial charge in [-0.1, -0.05) is 12.5 Å². The van der Waals surface area contributed by atoms with Gasteiger partial charge in [0.1, 0.15) is 11.6 Å². The van der Waals surface area contributed by atoms with Crippen molar-refractivity contribution < 1.29 is 27.2 Å². The monoisotopic (exact) mass is 490 g/mol. The molecule has 0 bridgehead atoms. The minimum Gasteiger partial charge on any atom is -0.495 e. The SMILES string of the molecule is COc1ccc(C)cc1NC(=O)c1cc(S(=O)(=O)N2CC[NH+](C3CCCCC3)CC2)ccc1F. The van der Waals surface area contributed by atoms with Gasteiger partial charge in [-0.2, -0.15) is 4.31 Å². The molecule has 0 radical (unpaired) electrons. The summed E-state index contributed by atoms with van der Waals surface area (Å²) in [4.78, 5) is 14.3. The van der Waals surface area contributed by atoms with Crippen molar-refractivity contribution in [1.82, 2.24) is 4.31 Å². The van der Waals surface area contributed by atoms with E-state index < -0.39 is 21.7 Å². The van der Waals surface area contributed by atoms with Crippen LogP contribution in [-0.2, 0) is 10.0 Å². The van der Waals surface area contributed by atoms with E-state index in [1.165, 1.54) is 54.5 Å². The number of rotatable bonds is 6. The number of benzene rings is 2. The molecule has 1 saturated carbocycles. The van der Waals surface area contributed by atoms with E-state index in [1.54, 1.807) is 12.1 Å². The molecular formula is C25H33FN3O4S+. The molecule has 1 heterocycles. The molecule has 2 aliphatic rings. The number of anilines is 1. The summed E-state index contributed by atoms with van der Waals surface area (Å²) in [6.45, 7) is 4.25. The zero-order chi connectivity index (χ0) is 24.3. The first kappa shape index (κ1) is 24.6. The fourth-order valence-corrected chi connectivity index (χ4v) is 6.50. The van der Waals surface area contributed by atoms with E-state index >= 15 is 0 Å². The molecule has 7 nitrogen and oxygen atoms in total. The summed E-state index contributed by atoms with van der Waals surface area (Å²) in [5, 5.41) is 2.64. The fraction of sp³-hybridized carbons (Fsp3) is 0.480. The minimum absolute atomic E-state index is 0.0728. The number of sulfonamides is 1. The van der Waals surface area contributed by atoms with Crippen molar-refractivity contribution in [3.05, 3.63) is 53.3 Å². The van der Waals surface area contributed by atoms with Gasteiger partial charge < -0.3 is 15.0 Å². The zero-order valence-corrected chi connectivity index (χ0v) is 20.6. The third-order valence-corrected chi connectivity index (χ3v) is 8.87. The van der Waals surface area contributed by atoms with Gasteiger partial charge in [0.15, 0.2) is 0 Å². The molecule has 0 spiro atoms. The van der Waals surface area contributed by atoms with Crippen molar-refractivity contribution in [3.63, 3.8) is 0 Å². The molecule has 2 fully saturated rings. The molecule has 9 heteroatoms. The van der Waals surface area contributed by atoms with Gasteiger partial charge in [-0.15, -0.1) is 0 Å². The molecule has 2 aromatic carbocycles. The summed E-state index contributed by atoms with van der Waals surface area (Å²) in [5.41, 5.74) is 0.959. The van der Waals surface area contributed by atoms with Crippen LogP contribution < -0.4 is 15.0 Å². The van der Waals surface area contributed by atoms with E-state index in [-0.39, 0.29) is 10.5 Å². The number of carbonyl (C=O) groups excluding carboxylic acids is 1. The quantitative estimate of drug-likeness (QED) is 0.653. The Bertz CT molecular complexity index is 1140. The van der Waals surface area contributed by atoms with Gasteiger partial charge in [-0.05, 0) is 68.5 Å². The number of quaternary nitrogens is 1. The molecule has 2 aromatic rings. The lowest BCUT2D eigenvalue weighted by molar-refractivity contribution is -0.930. The Morgan fingerprint density at radius 2 is 1.79 bits per heavy atom. The molecular weight excluding hydrogens is 457 g/mol. The number of methoxy groups -OCH3 is 1. The second kappa shape index (κ2) is 10.4. The Balaban J connectivity index is 1.50. The summed E-state index contributed by atoms with van der Waals surface area (Å²) in [6, 6.07) is 9.27. The van der Waals surface area contributed by atoms with Crippen molar-refractivity contribution >= 4 is 21.6 Å². The van der Waals surface area contributed by atoms with Crippen LogP contribution in [0.4, 0.5) is 10.1 Å². The van der Waals surface area contributed by atoms with E-state index in [2.05, 4.69) is 5.32 Å². The normalized spacial score (nSPS) is 18.6. The van der Waals surface area contributed by atoms with E-state index in [0.29, 0.717) is 30.6 Å². The van der Waals surface area contributed by atoms with E-state index in [1.807, 2.05) is 13.0 Å². The van der Waals surface area contributed by atoms with Crippen molar-refractivity contribution in [3.8, 4) is 5.75 Å². The van der Waals surface area contributed by atoms with Crippen molar-refractivity contribution in [1.29, 1.82) is 0 Å². The molecule has 0 unspecified atom stereocenters. The van der Waals surface area contributed by atoms with Gasteiger partial charge in [0.2, 0.25) is 10.0 Å². The highest BCUT2D eigenvalue weighted by molar-refractivity contribution is 7.89. The molecule has 0 atom stereocenters. The number of hydrogen-bond acceptors (Lipinski definition) is 4. The highest BCUT2D eigenvalue weighted by atomic mass is 32.2. The summed E-state index contributed by atoms with van der Waals surface area (Å²) in [5.74, 6) is -1.08. The summed E-state index contributed by atoms with van der Waals surface area (Å²) in [6.07, 6.45) is 6.23. The highest BCUT2D eigenvalue weighted by Gasteiger charge is 2.34.